The third-order valence-electron chi connectivity index (χ3n) is 5.70. The summed E-state index contributed by atoms with van der Waals surface area (Å²) in [6, 6.07) is 13.0. The maximum atomic E-state index is 10.6. The maximum absolute atomic E-state index is 10.6. The standard InChI is InChI=1S/C23H26ClNO6S/c1-23(2,30)12-6-8-13(9-7-12)32-17-10-25(18-14(17)4-3-5-15(18)24)22-21(29)20(28)19(27)16(11-26)31-22/h3-10,16,19-22,26-30H,11H2,1-2H3/t16-,19-,20+,21-,22-/m1/s1. The van der Waals surface area contributed by atoms with Crippen LogP contribution in [0.25, 0.3) is 10.9 Å². The van der Waals surface area contributed by atoms with Gasteiger partial charge in [-0.15, -0.1) is 0 Å². The average Bonchev–Trinajstić information content (AvgIpc) is 3.11. The molecule has 1 fully saturated rings. The second-order valence-electron chi connectivity index (χ2n) is 8.44. The van der Waals surface area contributed by atoms with E-state index in [-0.39, 0.29) is 0 Å². The summed E-state index contributed by atoms with van der Waals surface area (Å²) in [6.45, 7) is 2.94. The summed E-state index contributed by atoms with van der Waals surface area (Å²) < 4.78 is 7.39. The number of rotatable bonds is 5. The van der Waals surface area contributed by atoms with Gasteiger partial charge in [-0.1, -0.05) is 47.6 Å². The van der Waals surface area contributed by atoms with Crippen molar-refractivity contribution >= 4 is 34.3 Å². The highest BCUT2D eigenvalue weighted by molar-refractivity contribution is 7.99. The highest BCUT2D eigenvalue weighted by Crippen LogP contribution is 2.41. The van der Waals surface area contributed by atoms with Crippen molar-refractivity contribution in [1.82, 2.24) is 4.57 Å². The van der Waals surface area contributed by atoms with Gasteiger partial charge in [0.15, 0.2) is 6.23 Å². The number of benzene rings is 2. The van der Waals surface area contributed by atoms with E-state index in [4.69, 9.17) is 16.3 Å². The summed E-state index contributed by atoms with van der Waals surface area (Å²) in [5.74, 6) is 0. The molecule has 0 aliphatic carbocycles. The highest BCUT2D eigenvalue weighted by atomic mass is 35.5. The predicted molar refractivity (Wildman–Crippen MR) is 122 cm³/mol. The molecule has 0 spiro atoms. The molecule has 3 aromatic rings. The van der Waals surface area contributed by atoms with Gasteiger partial charge in [0.2, 0.25) is 0 Å². The summed E-state index contributed by atoms with van der Waals surface area (Å²) in [4.78, 5) is 1.78. The number of fused-ring (bicyclic) bond motifs is 1. The Labute approximate surface area is 194 Å². The van der Waals surface area contributed by atoms with Gasteiger partial charge in [0.05, 0.1) is 22.7 Å². The van der Waals surface area contributed by atoms with Gasteiger partial charge < -0.3 is 34.8 Å². The number of ether oxygens (including phenoxy) is 1. The molecule has 0 radical (unpaired) electrons. The first-order chi connectivity index (χ1) is 15.1. The van der Waals surface area contributed by atoms with E-state index in [1.807, 2.05) is 36.4 Å². The molecule has 172 valence electrons. The maximum Gasteiger partial charge on any atom is 0.163 e. The van der Waals surface area contributed by atoms with Gasteiger partial charge in [-0.2, -0.15) is 0 Å². The van der Waals surface area contributed by atoms with Crippen LogP contribution in [0.1, 0.15) is 25.6 Å². The molecule has 5 atom stereocenters. The first-order valence-corrected chi connectivity index (χ1v) is 11.4. The zero-order valence-corrected chi connectivity index (χ0v) is 19.2. The molecule has 9 heteroatoms. The molecule has 2 heterocycles. The molecule has 4 rings (SSSR count). The number of aliphatic hydroxyl groups is 5. The molecule has 0 unspecified atom stereocenters. The molecule has 7 nitrogen and oxygen atoms in total. The SMILES string of the molecule is CC(C)(O)c1ccc(Sc2cn([C@@H]3O[C@H](CO)[C@@H](O)[C@H](O)[C@H]3O)c3c(Cl)cccc23)cc1. The van der Waals surface area contributed by atoms with Crippen LogP contribution in [-0.2, 0) is 10.3 Å². The van der Waals surface area contributed by atoms with Gasteiger partial charge in [0.25, 0.3) is 0 Å². The summed E-state index contributed by atoms with van der Waals surface area (Å²) in [7, 11) is 0. The van der Waals surface area contributed by atoms with E-state index in [2.05, 4.69) is 0 Å². The molecule has 1 saturated heterocycles. The molecule has 0 bridgehead atoms. The minimum Gasteiger partial charge on any atom is -0.394 e. The molecular formula is C23H26ClNO6S. The van der Waals surface area contributed by atoms with Gasteiger partial charge in [0, 0.05) is 21.4 Å². The van der Waals surface area contributed by atoms with Gasteiger partial charge in [-0.25, -0.2) is 0 Å². The Morgan fingerprint density at radius 3 is 2.34 bits per heavy atom. The van der Waals surface area contributed by atoms with E-state index in [1.54, 1.807) is 30.7 Å². The molecular weight excluding hydrogens is 454 g/mol. The van der Waals surface area contributed by atoms with E-state index >= 15 is 0 Å². The monoisotopic (exact) mass is 479 g/mol. The zero-order chi connectivity index (χ0) is 23.2. The number of para-hydroxylation sites is 1. The van der Waals surface area contributed by atoms with E-state index in [1.165, 1.54) is 11.8 Å². The van der Waals surface area contributed by atoms with Crippen molar-refractivity contribution in [3.8, 4) is 0 Å². The highest BCUT2D eigenvalue weighted by Gasteiger charge is 2.44. The molecule has 2 aromatic carbocycles. The van der Waals surface area contributed by atoms with Gasteiger partial charge in [-0.3, -0.25) is 0 Å². The Bertz CT molecular complexity index is 1090. The van der Waals surface area contributed by atoms with E-state index < -0.39 is 42.9 Å². The second kappa shape index (κ2) is 8.96. The van der Waals surface area contributed by atoms with Crippen LogP contribution in [0, 0.1) is 0 Å². The lowest BCUT2D eigenvalue weighted by Gasteiger charge is -2.40. The smallest absolute Gasteiger partial charge is 0.163 e. The summed E-state index contributed by atoms with van der Waals surface area (Å²) >= 11 is 7.97. The largest absolute Gasteiger partial charge is 0.394 e. The number of hydrogen-bond donors (Lipinski definition) is 5. The Morgan fingerprint density at radius 1 is 1.03 bits per heavy atom. The quantitative estimate of drug-likeness (QED) is 0.382. The van der Waals surface area contributed by atoms with Crippen LogP contribution in [0.15, 0.2) is 58.5 Å². The Kier molecular flexibility index (Phi) is 6.59. The van der Waals surface area contributed by atoms with Crippen LogP contribution in [0.5, 0.6) is 0 Å². The summed E-state index contributed by atoms with van der Waals surface area (Å²) in [6.07, 6.45) is -4.66. The van der Waals surface area contributed by atoms with Gasteiger partial charge in [-0.05, 0) is 37.6 Å². The fourth-order valence-corrected chi connectivity index (χ4v) is 5.13. The van der Waals surface area contributed by atoms with E-state index in [0.717, 1.165) is 20.7 Å². The van der Waals surface area contributed by atoms with Gasteiger partial charge in [0.1, 0.15) is 24.4 Å². The molecule has 1 aliphatic rings. The molecule has 1 aromatic heterocycles. The fourth-order valence-electron chi connectivity index (χ4n) is 3.89. The first-order valence-electron chi connectivity index (χ1n) is 10.2. The van der Waals surface area contributed by atoms with Crippen molar-refractivity contribution < 1.29 is 30.3 Å². The molecule has 1 aliphatic heterocycles. The molecule has 32 heavy (non-hydrogen) atoms. The van der Waals surface area contributed by atoms with Crippen LogP contribution in [0.2, 0.25) is 5.02 Å². The number of halogens is 1. The van der Waals surface area contributed by atoms with Crippen LogP contribution in [-0.4, -0.2) is 61.1 Å². The van der Waals surface area contributed by atoms with Crippen LogP contribution < -0.4 is 0 Å². The summed E-state index contributed by atoms with van der Waals surface area (Å²) in [5.41, 5.74) is 0.471. The predicted octanol–water partition coefficient (Wildman–Crippen LogP) is 2.65. The fraction of sp³-hybridized carbons (Fsp3) is 0.391. The number of nitrogens with zero attached hydrogens (tertiary/aromatic N) is 1. The zero-order valence-electron chi connectivity index (χ0n) is 17.6. The number of hydrogen-bond acceptors (Lipinski definition) is 7. The number of aliphatic hydroxyl groups excluding tert-OH is 4. The lowest BCUT2D eigenvalue weighted by molar-refractivity contribution is -0.250. The lowest BCUT2D eigenvalue weighted by Crippen LogP contribution is -2.56. The Balaban J connectivity index is 1.74. The van der Waals surface area contributed by atoms with Gasteiger partial charge >= 0.3 is 0 Å². The van der Waals surface area contributed by atoms with Crippen LogP contribution >= 0.6 is 23.4 Å². The van der Waals surface area contributed by atoms with Crippen molar-refractivity contribution in [3.63, 3.8) is 0 Å². The van der Waals surface area contributed by atoms with Crippen LogP contribution in [0.3, 0.4) is 0 Å². The normalized spacial score (nSPS) is 26.6. The molecule has 0 saturated carbocycles. The average molecular weight is 480 g/mol. The number of aromatic nitrogens is 1. The van der Waals surface area contributed by atoms with Crippen LogP contribution in [0.4, 0.5) is 0 Å². The molecule has 0 amide bonds. The lowest BCUT2D eigenvalue weighted by atomic mass is 9.98. The topological polar surface area (TPSA) is 115 Å². The minimum atomic E-state index is -1.49. The van der Waals surface area contributed by atoms with Crippen molar-refractivity contribution in [2.24, 2.45) is 0 Å². The third-order valence-corrected chi connectivity index (χ3v) is 7.05. The Morgan fingerprint density at radius 2 is 1.72 bits per heavy atom. The van der Waals surface area contributed by atoms with E-state index in [0.29, 0.717) is 10.5 Å². The third kappa shape index (κ3) is 4.30. The van der Waals surface area contributed by atoms with Crippen molar-refractivity contribution in [2.75, 3.05) is 6.61 Å². The Hall–Kier alpha value is -1.62. The van der Waals surface area contributed by atoms with Crippen molar-refractivity contribution in [1.29, 1.82) is 0 Å². The summed E-state index contributed by atoms with van der Waals surface area (Å²) in [5, 5.41) is 52.0. The first kappa shape index (κ1) is 23.5. The molecule has 5 N–H and O–H groups in total. The van der Waals surface area contributed by atoms with E-state index in [9.17, 15) is 25.5 Å². The second-order valence-corrected chi connectivity index (χ2v) is 9.96. The minimum absolute atomic E-state index is 0.434. The van der Waals surface area contributed by atoms with Crippen molar-refractivity contribution in [2.45, 2.75) is 59.9 Å². The van der Waals surface area contributed by atoms with Crippen molar-refractivity contribution in [3.05, 3.63) is 59.2 Å².